The van der Waals surface area contributed by atoms with E-state index in [0.717, 1.165) is 24.3 Å². The summed E-state index contributed by atoms with van der Waals surface area (Å²) in [5.41, 5.74) is 3.01. The van der Waals surface area contributed by atoms with Gasteiger partial charge in [-0.15, -0.1) is 0 Å². The van der Waals surface area contributed by atoms with E-state index in [4.69, 9.17) is 0 Å². The predicted molar refractivity (Wildman–Crippen MR) is 85.4 cm³/mol. The van der Waals surface area contributed by atoms with Crippen molar-refractivity contribution in [2.24, 2.45) is 4.99 Å². The Morgan fingerprint density at radius 3 is 2.35 bits per heavy atom. The van der Waals surface area contributed by atoms with E-state index in [9.17, 15) is 5.11 Å². The van der Waals surface area contributed by atoms with Crippen LogP contribution in [0.2, 0.25) is 0 Å². The fraction of sp³-hybridized carbons (Fsp3) is 0.235. The average molecular weight is 268 g/mol. The van der Waals surface area contributed by atoms with Gasteiger partial charge in [0.2, 0.25) is 0 Å². The van der Waals surface area contributed by atoms with Gasteiger partial charge in [-0.3, -0.25) is 4.99 Å². The molecule has 0 fully saturated rings. The SMILES string of the molecule is CCN(CC)c1ccc(N=Cc2cccc(O)c2)cc1. The van der Waals surface area contributed by atoms with Gasteiger partial charge in [0.15, 0.2) is 0 Å². The maximum Gasteiger partial charge on any atom is 0.116 e. The van der Waals surface area contributed by atoms with Gasteiger partial charge in [0.1, 0.15) is 5.75 Å². The Morgan fingerprint density at radius 1 is 1.05 bits per heavy atom. The first-order valence-corrected chi connectivity index (χ1v) is 6.91. The summed E-state index contributed by atoms with van der Waals surface area (Å²) in [4.78, 5) is 6.71. The van der Waals surface area contributed by atoms with E-state index in [1.807, 2.05) is 18.2 Å². The molecule has 0 saturated carbocycles. The Morgan fingerprint density at radius 2 is 1.75 bits per heavy atom. The summed E-state index contributed by atoms with van der Waals surface area (Å²) in [6.07, 6.45) is 1.76. The molecule has 0 aliphatic rings. The van der Waals surface area contributed by atoms with Crippen molar-refractivity contribution in [2.45, 2.75) is 13.8 Å². The van der Waals surface area contributed by atoms with Crippen LogP contribution in [0, 0.1) is 0 Å². The maximum atomic E-state index is 9.39. The lowest BCUT2D eigenvalue weighted by atomic mass is 10.2. The van der Waals surface area contributed by atoms with Gasteiger partial charge in [-0.1, -0.05) is 12.1 Å². The van der Waals surface area contributed by atoms with Crippen molar-refractivity contribution in [3.63, 3.8) is 0 Å². The fourth-order valence-corrected chi connectivity index (χ4v) is 2.09. The van der Waals surface area contributed by atoms with Crippen molar-refractivity contribution in [2.75, 3.05) is 18.0 Å². The van der Waals surface area contributed by atoms with Crippen molar-refractivity contribution in [3.05, 3.63) is 54.1 Å². The smallest absolute Gasteiger partial charge is 0.116 e. The molecule has 0 radical (unpaired) electrons. The lowest BCUT2D eigenvalue weighted by Gasteiger charge is -2.20. The van der Waals surface area contributed by atoms with Gasteiger partial charge in [-0.05, 0) is 55.8 Å². The highest BCUT2D eigenvalue weighted by Crippen LogP contribution is 2.20. The molecule has 0 aromatic heterocycles. The number of anilines is 1. The molecular formula is C17H20N2O. The first-order chi connectivity index (χ1) is 9.72. The molecule has 0 atom stereocenters. The monoisotopic (exact) mass is 268 g/mol. The number of phenols is 1. The summed E-state index contributed by atoms with van der Waals surface area (Å²) in [5.74, 6) is 0.255. The van der Waals surface area contributed by atoms with E-state index >= 15 is 0 Å². The number of aromatic hydroxyl groups is 1. The van der Waals surface area contributed by atoms with E-state index in [0.29, 0.717) is 0 Å². The van der Waals surface area contributed by atoms with Crippen LogP contribution in [-0.2, 0) is 0 Å². The molecular weight excluding hydrogens is 248 g/mol. The molecule has 2 rings (SSSR count). The van der Waals surface area contributed by atoms with Crippen LogP contribution in [-0.4, -0.2) is 24.4 Å². The van der Waals surface area contributed by atoms with Crippen molar-refractivity contribution < 1.29 is 5.11 Å². The molecule has 0 aliphatic carbocycles. The minimum absolute atomic E-state index is 0.255. The van der Waals surface area contributed by atoms with E-state index in [1.165, 1.54) is 5.69 Å². The first kappa shape index (κ1) is 14.1. The van der Waals surface area contributed by atoms with Gasteiger partial charge >= 0.3 is 0 Å². The summed E-state index contributed by atoms with van der Waals surface area (Å²) in [6, 6.07) is 15.2. The number of nitrogens with zero attached hydrogens (tertiary/aromatic N) is 2. The van der Waals surface area contributed by atoms with Gasteiger partial charge in [-0.2, -0.15) is 0 Å². The van der Waals surface area contributed by atoms with Crippen LogP contribution in [0.4, 0.5) is 11.4 Å². The Hall–Kier alpha value is -2.29. The van der Waals surface area contributed by atoms with Gasteiger partial charge in [0.05, 0.1) is 5.69 Å². The number of hydrogen-bond donors (Lipinski definition) is 1. The second kappa shape index (κ2) is 6.75. The molecule has 0 unspecified atom stereocenters. The fourth-order valence-electron chi connectivity index (χ4n) is 2.09. The highest BCUT2D eigenvalue weighted by Gasteiger charge is 2.00. The molecule has 20 heavy (non-hydrogen) atoms. The molecule has 0 bridgehead atoms. The van der Waals surface area contributed by atoms with Gasteiger partial charge in [0, 0.05) is 25.0 Å². The summed E-state index contributed by atoms with van der Waals surface area (Å²) >= 11 is 0. The first-order valence-electron chi connectivity index (χ1n) is 6.91. The van der Waals surface area contributed by atoms with Crippen LogP contribution >= 0.6 is 0 Å². The second-order valence-electron chi connectivity index (χ2n) is 4.54. The van der Waals surface area contributed by atoms with Crippen LogP contribution in [0.3, 0.4) is 0 Å². The summed E-state index contributed by atoms with van der Waals surface area (Å²) in [7, 11) is 0. The van der Waals surface area contributed by atoms with E-state index in [2.05, 4.69) is 35.9 Å². The van der Waals surface area contributed by atoms with E-state index in [1.54, 1.807) is 24.4 Å². The van der Waals surface area contributed by atoms with Crippen LogP contribution in [0.5, 0.6) is 5.75 Å². The molecule has 0 amide bonds. The molecule has 0 heterocycles. The number of benzene rings is 2. The molecule has 2 aromatic rings. The average Bonchev–Trinajstić information content (AvgIpc) is 2.48. The highest BCUT2D eigenvalue weighted by molar-refractivity contribution is 5.82. The summed E-state index contributed by atoms with van der Waals surface area (Å²) in [5, 5.41) is 9.39. The van der Waals surface area contributed by atoms with Crippen molar-refractivity contribution in [1.29, 1.82) is 0 Å². The topological polar surface area (TPSA) is 35.8 Å². The van der Waals surface area contributed by atoms with Crippen LogP contribution < -0.4 is 4.90 Å². The van der Waals surface area contributed by atoms with Gasteiger partial charge in [0.25, 0.3) is 0 Å². The molecule has 0 aliphatic heterocycles. The lowest BCUT2D eigenvalue weighted by molar-refractivity contribution is 0.475. The van der Waals surface area contributed by atoms with Crippen LogP contribution in [0.15, 0.2) is 53.5 Å². The van der Waals surface area contributed by atoms with Crippen molar-refractivity contribution in [1.82, 2.24) is 0 Å². The largest absolute Gasteiger partial charge is 0.508 e. The minimum Gasteiger partial charge on any atom is -0.508 e. The Bertz CT molecular complexity index is 572. The minimum atomic E-state index is 0.255. The standard InChI is InChI=1S/C17H20N2O/c1-3-19(4-2)16-10-8-15(9-11-16)18-13-14-6-5-7-17(20)12-14/h5-13,20H,3-4H2,1-2H3. The highest BCUT2D eigenvalue weighted by atomic mass is 16.3. The zero-order chi connectivity index (χ0) is 14.4. The Labute approximate surface area is 120 Å². The lowest BCUT2D eigenvalue weighted by Crippen LogP contribution is -2.21. The van der Waals surface area contributed by atoms with Gasteiger partial charge < -0.3 is 10.0 Å². The number of rotatable bonds is 5. The molecule has 3 heteroatoms. The quantitative estimate of drug-likeness (QED) is 0.832. The zero-order valence-electron chi connectivity index (χ0n) is 12.0. The zero-order valence-corrected chi connectivity index (χ0v) is 12.0. The van der Waals surface area contributed by atoms with Crippen molar-refractivity contribution >= 4 is 17.6 Å². The third-order valence-electron chi connectivity index (χ3n) is 3.21. The number of hydrogen-bond acceptors (Lipinski definition) is 3. The second-order valence-corrected chi connectivity index (χ2v) is 4.54. The normalized spacial score (nSPS) is 10.9. The molecule has 0 spiro atoms. The molecule has 0 saturated heterocycles. The third-order valence-corrected chi connectivity index (χ3v) is 3.21. The van der Waals surface area contributed by atoms with Crippen LogP contribution in [0.1, 0.15) is 19.4 Å². The van der Waals surface area contributed by atoms with Crippen LogP contribution in [0.25, 0.3) is 0 Å². The Kier molecular flexibility index (Phi) is 4.77. The number of aliphatic imine (C=N–C) groups is 1. The predicted octanol–water partition coefficient (Wildman–Crippen LogP) is 3.99. The number of phenolic OH excluding ortho intramolecular Hbond substituents is 1. The summed E-state index contributed by atoms with van der Waals surface area (Å²) in [6.45, 7) is 6.31. The van der Waals surface area contributed by atoms with E-state index < -0.39 is 0 Å². The molecule has 104 valence electrons. The molecule has 1 N–H and O–H groups in total. The molecule has 2 aromatic carbocycles. The van der Waals surface area contributed by atoms with Crippen molar-refractivity contribution in [3.8, 4) is 5.75 Å². The Balaban J connectivity index is 2.11. The van der Waals surface area contributed by atoms with E-state index in [-0.39, 0.29) is 5.75 Å². The summed E-state index contributed by atoms with van der Waals surface area (Å²) < 4.78 is 0. The molecule has 3 nitrogen and oxygen atoms in total. The van der Waals surface area contributed by atoms with Gasteiger partial charge in [-0.25, -0.2) is 0 Å². The third kappa shape index (κ3) is 3.60. The maximum absolute atomic E-state index is 9.39.